The predicted octanol–water partition coefficient (Wildman–Crippen LogP) is 3.66. The molecule has 148 valence electrons. The molecule has 27 heavy (non-hydrogen) atoms. The van der Waals surface area contributed by atoms with Gasteiger partial charge in [-0.1, -0.05) is 30.5 Å². The summed E-state index contributed by atoms with van der Waals surface area (Å²) in [6.07, 6.45) is 5.23. The molecular weight excluding hydrogens is 344 g/mol. The van der Waals surface area contributed by atoms with Crippen LogP contribution in [0.15, 0.2) is 22.7 Å². The molecule has 1 heterocycles. The minimum atomic E-state index is -0.556. The molecule has 0 radical (unpaired) electrons. The molecule has 6 heteroatoms. The zero-order valence-electron chi connectivity index (χ0n) is 16.5. The van der Waals surface area contributed by atoms with Crippen LogP contribution < -0.4 is 14.8 Å². The van der Waals surface area contributed by atoms with Crippen molar-refractivity contribution in [3.05, 3.63) is 40.8 Å². The summed E-state index contributed by atoms with van der Waals surface area (Å²) in [5.74, 6) is 2.15. The predicted molar refractivity (Wildman–Crippen MR) is 103 cm³/mol. The zero-order valence-corrected chi connectivity index (χ0v) is 16.5. The van der Waals surface area contributed by atoms with E-state index < -0.39 is 5.60 Å². The van der Waals surface area contributed by atoms with E-state index in [1.54, 1.807) is 7.11 Å². The van der Waals surface area contributed by atoms with Crippen molar-refractivity contribution in [2.45, 2.75) is 64.7 Å². The highest BCUT2D eigenvalue weighted by Crippen LogP contribution is 2.30. The van der Waals surface area contributed by atoms with Crippen molar-refractivity contribution in [3.8, 4) is 11.5 Å². The van der Waals surface area contributed by atoms with E-state index in [4.69, 9.17) is 14.0 Å². The van der Waals surface area contributed by atoms with Crippen LogP contribution in [-0.2, 0) is 13.2 Å². The second-order valence-corrected chi connectivity index (χ2v) is 7.47. The Morgan fingerprint density at radius 3 is 2.63 bits per heavy atom. The normalized spacial score (nSPS) is 16.3. The van der Waals surface area contributed by atoms with Gasteiger partial charge in [0.25, 0.3) is 0 Å². The Bertz CT molecular complexity index is 731. The van der Waals surface area contributed by atoms with E-state index in [1.807, 2.05) is 32.0 Å². The Balaban J connectivity index is 1.57. The fourth-order valence-corrected chi connectivity index (χ4v) is 3.63. The van der Waals surface area contributed by atoms with Crippen LogP contribution in [0.2, 0.25) is 0 Å². The maximum Gasteiger partial charge on any atom is 0.161 e. The zero-order chi connectivity index (χ0) is 19.3. The number of aliphatic hydroxyl groups is 1. The van der Waals surface area contributed by atoms with Gasteiger partial charge in [0.2, 0.25) is 0 Å². The summed E-state index contributed by atoms with van der Waals surface area (Å²) in [6.45, 7) is 5.48. The van der Waals surface area contributed by atoms with Crippen LogP contribution in [0.1, 0.15) is 54.7 Å². The second-order valence-electron chi connectivity index (χ2n) is 7.47. The van der Waals surface area contributed by atoms with Gasteiger partial charge in [0.05, 0.1) is 24.0 Å². The Morgan fingerprint density at radius 1 is 1.19 bits per heavy atom. The lowest BCUT2D eigenvalue weighted by Gasteiger charge is -2.32. The van der Waals surface area contributed by atoms with Crippen LogP contribution in [0.25, 0.3) is 0 Å². The molecule has 0 aliphatic heterocycles. The van der Waals surface area contributed by atoms with Crippen LogP contribution in [0.3, 0.4) is 0 Å². The molecular formula is C21H30N2O4. The summed E-state index contributed by atoms with van der Waals surface area (Å²) in [5.41, 5.74) is 2.34. The van der Waals surface area contributed by atoms with Gasteiger partial charge in [-0.2, -0.15) is 0 Å². The number of rotatable bonds is 8. The molecule has 1 saturated carbocycles. The lowest BCUT2D eigenvalue weighted by atomic mass is 9.85. The van der Waals surface area contributed by atoms with Crippen LogP contribution in [0.5, 0.6) is 11.5 Å². The topological polar surface area (TPSA) is 76.8 Å². The highest BCUT2D eigenvalue weighted by molar-refractivity contribution is 5.43. The van der Waals surface area contributed by atoms with Gasteiger partial charge in [-0.3, -0.25) is 0 Å². The average molecular weight is 374 g/mol. The maximum atomic E-state index is 10.6. The van der Waals surface area contributed by atoms with E-state index in [-0.39, 0.29) is 0 Å². The first-order chi connectivity index (χ1) is 13.0. The van der Waals surface area contributed by atoms with Crippen molar-refractivity contribution in [3.63, 3.8) is 0 Å². The number of ether oxygens (including phenoxy) is 2. The number of nitrogens with one attached hydrogen (secondary N) is 1. The highest BCUT2D eigenvalue weighted by Gasteiger charge is 2.28. The molecule has 0 bridgehead atoms. The summed E-state index contributed by atoms with van der Waals surface area (Å²) < 4.78 is 16.6. The summed E-state index contributed by atoms with van der Waals surface area (Å²) in [4.78, 5) is 0. The van der Waals surface area contributed by atoms with Crippen molar-refractivity contribution in [1.29, 1.82) is 0 Å². The molecule has 0 unspecified atom stereocenters. The van der Waals surface area contributed by atoms with Crippen LogP contribution in [0.4, 0.5) is 0 Å². The number of hydrogen-bond donors (Lipinski definition) is 2. The average Bonchev–Trinajstić information content (AvgIpc) is 2.99. The van der Waals surface area contributed by atoms with E-state index in [0.29, 0.717) is 31.2 Å². The minimum absolute atomic E-state index is 0.391. The quantitative estimate of drug-likeness (QED) is 0.734. The Labute approximate surface area is 160 Å². The minimum Gasteiger partial charge on any atom is -0.493 e. The van der Waals surface area contributed by atoms with Crippen molar-refractivity contribution >= 4 is 0 Å². The Hall–Kier alpha value is -2.05. The smallest absolute Gasteiger partial charge is 0.161 e. The van der Waals surface area contributed by atoms with Crippen molar-refractivity contribution in [1.82, 2.24) is 10.5 Å². The van der Waals surface area contributed by atoms with Gasteiger partial charge < -0.3 is 24.4 Å². The fraction of sp³-hybridized carbons (Fsp3) is 0.571. The number of hydrogen-bond acceptors (Lipinski definition) is 6. The molecule has 0 amide bonds. The van der Waals surface area contributed by atoms with E-state index in [9.17, 15) is 5.11 Å². The van der Waals surface area contributed by atoms with Gasteiger partial charge in [0, 0.05) is 13.1 Å². The standard InChI is InChI=1S/C21H30N2O4/c1-15-18(16(2)27-23-15)13-26-19-8-7-17(11-20(19)25-3)12-22-14-21(24)9-5-4-6-10-21/h7-8,11,22,24H,4-6,9-10,12-14H2,1-3H3. The van der Waals surface area contributed by atoms with Gasteiger partial charge in [0.15, 0.2) is 11.5 Å². The van der Waals surface area contributed by atoms with Gasteiger partial charge in [-0.15, -0.1) is 0 Å². The van der Waals surface area contributed by atoms with E-state index in [0.717, 1.165) is 48.3 Å². The first-order valence-electron chi connectivity index (χ1n) is 9.65. The number of nitrogens with zero attached hydrogens (tertiary/aromatic N) is 1. The maximum absolute atomic E-state index is 10.6. The van der Waals surface area contributed by atoms with Gasteiger partial charge >= 0.3 is 0 Å². The molecule has 0 saturated heterocycles. The van der Waals surface area contributed by atoms with Gasteiger partial charge in [-0.25, -0.2) is 0 Å². The molecule has 3 rings (SSSR count). The van der Waals surface area contributed by atoms with Gasteiger partial charge in [-0.05, 0) is 44.4 Å². The number of aryl methyl sites for hydroxylation is 2. The Kier molecular flexibility index (Phi) is 6.39. The van der Waals surface area contributed by atoms with E-state index >= 15 is 0 Å². The number of aromatic nitrogens is 1. The summed E-state index contributed by atoms with van der Waals surface area (Å²) >= 11 is 0. The number of benzene rings is 1. The van der Waals surface area contributed by atoms with Crippen molar-refractivity contribution in [2.75, 3.05) is 13.7 Å². The third-order valence-electron chi connectivity index (χ3n) is 5.35. The molecule has 2 aromatic rings. The van der Waals surface area contributed by atoms with E-state index in [2.05, 4.69) is 10.5 Å². The van der Waals surface area contributed by atoms with Crippen LogP contribution in [0, 0.1) is 13.8 Å². The van der Waals surface area contributed by atoms with Crippen LogP contribution >= 0.6 is 0 Å². The largest absolute Gasteiger partial charge is 0.493 e. The Morgan fingerprint density at radius 2 is 1.96 bits per heavy atom. The molecule has 0 spiro atoms. The SMILES string of the molecule is COc1cc(CNCC2(O)CCCCC2)ccc1OCc1c(C)noc1C. The third kappa shape index (κ3) is 5.02. The second kappa shape index (κ2) is 8.76. The van der Waals surface area contributed by atoms with E-state index in [1.165, 1.54) is 6.42 Å². The number of methoxy groups -OCH3 is 1. The summed E-state index contributed by atoms with van der Waals surface area (Å²) in [5, 5.41) is 17.9. The van der Waals surface area contributed by atoms with Crippen molar-refractivity contribution < 1.29 is 19.1 Å². The summed E-state index contributed by atoms with van der Waals surface area (Å²) in [7, 11) is 1.64. The molecule has 0 atom stereocenters. The molecule has 6 nitrogen and oxygen atoms in total. The third-order valence-corrected chi connectivity index (χ3v) is 5.35. The van der Waals surface area contributed by atoms with Crippen molar-refractivity contribution in [2.24, 2.45) is 0 Å². The fourth-order valence-electron chi connectivity index (χ4n) is 3.63. The molecule has 2 N–H and O–H groups in total. The molecule has 1 aromatic carbocycles. The lowest BCUT2D eigenvalue weighted by molar-refractivity contribution is 0.00467. The lowest BCUT2D eigenvalue weighted by Crippen LogP contribution is -2.41. The first-order valence-corrected chi connectivity index (χ1v) is 9.65. The first kappa shape index (κ1) is 19.7. The monoisotopic (exact) mass is 374 g/mol. The van der Waals surface area contributed by atoms with Gasteiger partial charge in [0.1, 0.15) is 12.4 Å². The molecule has 1 aromatic heterocycles. The summed E-state index contributed by atoms with van der Waals surface area (Å²) in [6, 6.07) is 5.91. The highest BCUT2D eigenvalue weighted by atomic mass is 16.5. The molecule has 1 aliphatic rings. The molecule has 1 aliphatic carbocycles. The van der Waals surface area contributed by atoms with Crippen LogP contribution in [-0.4, -0.2) is 29.5 Å². The molecule has 1 fully saturated rings.